The number of hydrogen-bond donors (Lipinski definition) is 1. The molecule has 3 rings (SSSR count). The maximum atomic E-state index is 5.33. The summed E-state index contributed by atoms with van der Waals surface area (Å²) in [6.07, 6.45) is 3.50. The first kappa shape index (κ1) is 12.7. The number of thiophene rings is 1. The molecule has 0 saturated carbocycles. The van der Waals surface area contributed by atoms with Crippen molar-refractivity contribution in [2.24, 2.45) is 0 Å². The van der Waals surface area contributed by atoms with E-state index in [0.29, 0.717) is 6.04 Å². The number of aryl methyl sites for hydroxylation is 1. The molecule has 3 heteroatoms. The van der Waals surface area contributed by atoms with Gasteiger partial charge in [0, 0.05) is 17.5 Å². The highest BCUT2D eigenvalue weighted by Gasteiger charge is 2.22. The van der Waals surface area contributed by atoms with Crippen LogP contribution in [0.5, 0.6) is 5.75 Å². The van der Waals surface area contributed by atoms with Crippen molar-refractivity contribution in [2.75, 3.05) is 13.7 Å². The summed E-state index contributed by atoms with van der Waals surface area (Å²) < 4.78 is 5.33. The smallest absolute Gasteiger partial charge is 0.119 e. The van der Waals surface area contributed by atoms with Crippen LogP contribution < -0.4 is 10.1 Å². The molecular weight excluding hydrogens is 254 g/mol. The van der Waals surface area contributed by atoms with Gasteiger partial charge in [-0.3, -0.25) is 0 Å². The van der Waals surface area contributed by atoms with Gasteiger partial charge in [0.1, 0.15) is 5.75 Å². The second-order valence-electron chi connectivity index (χ2n) is 4.94. The van der Waals surface area contributed by atoms with Crippen LogP contribution >= 0.6 is 11.3 Å². The van der Waals surface area contributed by atoms with Gasteiger partial charge in [0.2, 0.25) is 0 Å². The van der Waals surface area contributed by atoms with Crippen LogP contribution in [-0.4, -0.2) is 13.7 Å². The van der Waals surface area contributed by atoms with Gasteiger partial charge in [-0.2, -0.15) is 0 Å². The Morgan fingerprint density at radius 2 is 2.32 bits per heavy atom. The van der Waals surface area contributed by atoms with Crippen LogP contribution in [0.3, 0.4) is 0 Å². The Bertz CT molecular complexity index is 536. The highest BCUT2D eigenvalue weighted by atomic mass is 32.1. The Morgan fingerprint density at radius 1 is 1.37 bits per heavy atom. The number of hydrogen-bond acceptors (Lipinski definition) is 3. The molecular formula is C16H19NOS. The van der Waals surface area contributed by atoms with E-state index in [1.807, 2.05) is 11.3 Å². The lowest BCUT2D eigenvalue weighted by Crippen LogP contribution is -2.21. The Labute approximate surface area is 118 Å². The second-order valence-corrected chi connectivity index (χ2v) is 5.97. The lowest BCUT2D eigenvalue weighted by molar-refractivity contribution is 0.413. The van der Waals surface area contributed by atoms with Crippen LogP contribution in [0.4, 0.5) is 0 Å². The van der Waals surface area contributed by atoms with E-state index < -0.39 is 0 Å². The standard InChI is InChI=1S/C16H19NOS/c1-18-13-6-4-12-5-7-16(15(12)11-13)17-9-8-14-3-2-10-19-14/h2-4,6,10-11,16-17H,5,7-9H2,1H3. The molecule has 1 atom stereocenters. The molecule has 0 radical (unpaired) electrons. The zero-order valence-electron chi connectivity index (χ0n) is 11.2. The maximum Gasteiger partial charge on any atom is 0.119 e. The van der Waals surface area contributed by atoms with Crippen molar-refractivity contribution in [3.63, 3.8) is 0 Å². The number of ether oxygens (including phenoxy) is 1. The average molecular weight is 273 g/mol. The molecule has 0 bridgehead atoms. The number of fused-ring (bicyclic) bond motifs is 1. The zero-order chi connectivity index (χ0) is 13.1. The summed E-state index contributed by atoms with van der Waals surface area (Å²) in [7, 11) is 1.73. The predicted octanol–water partition coefficient (Wildman–Crippen LogP) is 3.58. The van der Waals surface area contributed by atoms with Gasteiger partial charge in [-0.25, -0.2) is 0 Å². The molecule has 1 aliphatic rings. The third-order valence-electron chi connectivity index (χ3n) is 3.77. The van der Waals surface area contributed by atoms with Crippen molar-refractivity contribution in [1.29, 1.82) is 0 Å². The molecule has 1 N–H and O–H groups in total. The van der Waals surface area contributed by atoms with Gasteiger partial charge in [0.25, 0.3) is 0 Å². The van der Waals surface area contributed by atoms with E-state index in [9.17, 15) is 0 Å². The molecule has 0 spiro atoms. The molecule has 19 heavy (non-hydrogen) atoms. The Kier molecular flexibility index (Phi) is 3.85. The minimum absolute atomic E-state index is 0.491. The lowest BCUT2D eigenvalue weighted by Gasteiger charge is -2.14. The molecule has 2 nitrogen and oxygen atoms in total. The molecule has 1 aromatic heterocycles. The van der Waals surface area contributed by atoms with Crippen LogP contribution in [0, 0.1) is 0 Å². The Balaban J connectivity index is 1.62. The topological polar surface area (TPSA) is 21.3 Å². The normalized spacial score (nSPS) is 17.4. The van der Waals surface area contributed by atoms with E-state index in [-0.39, 0.29) is 0 Å². The third kappa shape index (κ3) is 2.82. The van der Waals surface area contributed by atoms with E-state index in [4.69, 9.17) is 4.74 Å². The van der Waals surface area contributed by atoms with Crippen LogP contribution in [-0.2, 0) is 12.8 Å². The number of rotatable bonds is 5. The monoisotopic (exact) mass is 273 g/mol. The molecule has 0 aliphatic heterocycles. The summed E-state index contributed by atoms with van der Waals surface area (Å²) in [5, 5.41) is 5.82. The van der Waals surface area contributed by atoms with Gasteiger partial charge in [-0.05, 0) is 54.0 Å². The molecule has 2 aromatic rings. The van der Waals surface area contributed by atoms with Crippen molar-refractivity contribution in [3.8, 4) is 5.75 Å². The zero-order valence-corrected chi connectivity index (χ0v) is 12.0. The van der Waals surface area contributed by atoms with Gasteiger partial charge in [-0.1, -0.05) is 12.1 Å². The fourth-order valence-electron chi connectivity index (χ4n) is 2.74. The van der Waals surface area contributed by atoms with Crippen molar-refractivity contribution in [1.82, 2.24) is 5.32 Å². The fourth-order valence-corrected chi connectivity index (χ4v) is 3.45. The average Bonchev–Trinajstić information content (AvgIpc) is 3.08. The SMILES string of the molecule is COc1ccc2c(c1)C(NCCc1cccs1)CC2. The van der Waals surface area contributed by atoms with Crippen LogP contribution in [0.25, 0.3) is 0 Å². The number of methoxy groups -OCH3 is 1. The van der Waals surface area contributed by atoms with Crippen LogP contribution in [0.2, 0.25) is 0 Å². The second kappa shape index (κ2) is 5.76. The van der Waals surface area contributed by atoms with E-state index in [1.165, 1.54) is 28.8 Å². The van der Waals surface area contributed by atoms with E-state index in [2.05, 4.69) is 41.0 Å². The minimum Gasteiger partial charge on any atom is -0.497 e. The fraction of sp³-hybridized carbons (Fsp3) is 0.375. The molecule has 100 valence electrons. The van der Waals surface area contributed by atoms with Crippen molar-refractivity contribution < 1.29 is 4.74 Å². The third-order valence-corrected chi connectivity index (χ3v) is 4.71. The minimum atomic E-state index is 0.491. The van der Waals surface area contributed by atoms with Gasteiger partial charge in [-0.15, -0.1) is 11.3 Å². The molecule has 1 heterocycles. The van der Waals surface area contributed by atoms with Crippen molar-refractivity contribution in [3.05, 3.63) is 51.7 Å². The summed E-state index contributed by atoms with van der Waals surface area (Å²) in [6.45, 7) is 1.04. The van der Waals surface area contributed by atoms with E-state index in [1.54, 1.807) is 7.11 Å². The first-order chi connectivity index (χ1) is 9.36. The van der Waals surface area contributed by atoms with Gasteiger partial charge in [0.05, 0.1) is 7.11 Å². The lowest BCUT2D eigenvalue weighted by atomic mass is 10.1. The van der Waals surface area contributed by atoms with Crippen LogP contribution in [0.1, 0.15) is 28.5 Å². The van der Waals surface area contributed by atoms with E-state index in [0.717, 1.165) is 18.7 Å². The summed E-state index contributed by atoms with van der Waals surface area (Å²) in [6, 6.07) is 11.3. The Hall–Kier alpha value is -1.32. The van der Waals surface area contributed by atoms with Gasteiger partial charge < -0.3 is 10.1 Å². The highest BCUT2D eigenvalue weighted by Crippen LogP contribution is 2.33. The predicted molar refractivity (Wildman–Crippen MR) is 80.1 cm³/mol. The number of benzene rings is 1. The van der Waals surface area contributed by atoms with Crippen molar-refractivity contribution in [2.45, 2.75) is 25.3 Å². The first-order valence-corrected chi connectivity index (χ1v) is 7.67. The van der Waals surface area contributed by atoms with E-state index >= 15 is 0 Å². The summed E-state index contributed by atoms with van der Waals surface area (Å²) in [5.41, 5.74) is 2.89. The van der Waals surface area contributed by atoms with Crippen LogP contribution in [0.15, 0.2) is 35.7 Å². The maximum absolute atomic E-state index is 5.33. The summed E-state index contributed by atoms with van der Waals surface area (Å²) >= 11 is 1.84. The molecule has 1 aromatic carbocycles. The molecule has 0 saturated heterocycles. The highest BCUT2D eigenvalue weighted by molar-refractivity contribution is 7.09. The Morgan fingerprint density at radius 3 is 3.11 bits per heavy atom. The molecule has 0 amide bonds. The molecule has 1 aliphatic carbocycles. The number of nitrogens with one attached hydrogen (secondary N) is 1. The first-order valence-electron chi connectivity index (χ1n) is 6.79. The summed E-state index contributed by atoms with van der Waals surface area (Å²) in [4.78, 5) is 1.45. The summed E-state index contributed by atoms with van der Waals surface area (Å²) in [5.74, 6) is 0.964. The molecule has 1 unspecified atom stereocenters. The largest absolute Gasteiger partial charge is 0.497 e. The van der Waals surface area contributed by atoms with Gasteiger partial charge in [0.15, 0.2) is 0 Å². The molecule has 0 fully saturated rings. The van der Waals surface area contributed by atoms with Crippen molar-refractivity contribution >= 4 is 11.3 Å². The van der Waals surface area contributed by atoms with Gasteiger partial charge >= 0.3 is 0 Å². The quantitative estimate of drug-likeness (QED) is 0.899.